The van der Waals surface area contributed by atoms with E-state index in [0.29, 0.717) is 18.7 Å². The molecule has 0 bridgehead atoms. The molecule has 1 amide bonds. The Morgan fingerprint density at radius 3 is 2.40 bits per heavy atom. The fourth-order valence-electron chi connectivity index (χ4n) is 1.49. The van der Waals surface area contributed by atoms with E-state index >= 15 is 0 Å². The van der Waals surface area contributed by atoms with Gasteiger partial charge < -0.3 is 10.1 Å². The lowest BCUT2D eigenvalue weighted by Crippen LogP contribution is -2.25. The number of sulfonamides is 1. The van der Waals surface area contributed by atoms with Gasteiger partial charge in [0.1, 0.15) is 0 Å². The lowest BCUT2D eigenvalue weighted by atomic mass is 10.2. The van der Waals surface area contributed by atoms with Gasteiger partial charge in [-0.3, -0.25) is 4.79 Å². The number of carbonyl (C=O) groups excluding carboxylic acids is 1. The molecule has 7 heteroatoms. The number of nitrogens with one attached hydrogen (secondary N) is 1. The highest BCUT2D eigenvalue weighted by atomic mass is 32.2. The largest absolute Gasteiger partial charge is 0.379 e. The van der Waals surface area contributed by atoms with E-state index in [9.17, 15) is 13.2 Å². The van der Waals surface area contributed by atoms with Gasteiger partial charge in [-0.25, -0.2) is 13.6 Å². The number of hydrogen-bond acceptors (Lipinski definition) is 4. The molecule has 6 nitrogen and oxygen atoms in total. The zero-order chi connectivity index (χ0) is 15.2. The van der Waals surface area contributed by atoms with Crippen molar-refractivity contribution in [3.05, 3.63) is 29.8 Å². The minimum Gasteiger partial charge on any atom is -0.379 e. The second-order valence-corrected chi connectivity index (χ2v) is 6.16. The Kier molecular flexibility index (Phi) is 6.12. The number of benzene rings is 1. The van der Waals surface area contributed by atoms with Crippen LogP contribution in [-0.4, -0.2) is 33.6 Å². The summed E-state index contributed by atoms with van der Waals surface area (Å²) in [7, 11) is -3.73. The van der Waals surface area contributed by atoms with Crippen molar-refractivity contribution in [3.63, 3.8) is 0 Å². The number of carbonyl (C=O) groups is 1. The molecule has 3 N–H and O–H groups in total. The molecule has 0 radical (unpaired) electrons. The summed E-state index contributed by atoms with van der Waals surface area (Å²) in [5.41, 5.74) is 0.391. The van der Waals surface area contributed by atoms with Crippen LogP contribution in [0.1, 0.15) is 30.6 Å². The normalized spacial score (nSPS) is 11.6. The highest BCUT2D eigenvalue weighted by Crippen LogP contribution is 2.08. The standard InChI is InChI=1S/C13H20N2O4S/c1-10(2)19-9-3-8-15-13(16)11-4-6-12(7-5-11)20(14,17)18/h4-7,10H,3,8-9H2,1-2H3,(H,15,16)(H2,14,17,18). The third-order valence-corrected chi connectivity index (χ3v) is 3.43. The summed E-state index contributed by atoms with van der Waals surface area (Å²) >= 11 is 0. The molecule has 20 heavy (non-hydrogen) atoms. The Morgan fingerprint density at radius 1 is 1.30 bits per heavy atom. The lowest BCUT2D eigenvalue weighted by molar-refractivity contribution is 0.0757. The van der Waals surface area contributed by atoms with Crippen molar-refractivity contribution >= 4 is 15.9 Å². The van der Waals surface area contributed by atoms with Crippen molar-refractivity contribution in [3.8, 4) is 0 Å². The molecule has 0 aliphatic heterocycles. The van der Waals surface area contributed by atoms with E-state index in [2.05, 4.69) is 5.32 Å². The average molecular weight is 300 g/mol. The summed E-state index contributed by atoms with van der Waals surface area (Å²) in [6.07, 6.45) is 0.899. The first-order chi connectivity index (χ1) is 9.30. The van der Waals surface area contributed by atoms with E-state index in [-0.39, 0.29) is 16.9 Å². The molecule has 0 aromatic heterocycles. The van der Waals surface area contributed by atoms with Crippen LogP contribution in [0.2, 0.25) is 0 Å². The fourth-order valence-corrected chi connectivity index (χ4v) is 2.01. The number of nitrogens with two attached hydrogens (primary N) is 1. The summed E-state index contributed by atoms with van der Waals surface area (Å²) in [6, 6.07) is 5.48. The molecule has 1 aromatic carbocycles. The zero-order valence-electron chi connectivity index (χ0n) is 11.6. The summed E-state index contributed by atoms with van der Waals surface area (Å²) in [6.45, 7) is 4.99. The van der Waals surface area contributed by atoms with Crippen molar-refractivity contribution in [2.45, 2.75) is 31.3 Å². The molecule has 0 heterocycles. The van der Waals surface area contributed by atoms with E-state index in [1.54, 1.807) is 0 Å². The summed E-state index contributed by atoms with van der Waals surface area (Å²) < 4.78 is 27.5. The third-order valence-electron chi connectivity index (χ3n) is 2.50. The first-order valence-corrected chi connectivity index (χ1v) is 7.88. The Balaban J connectivity index is 2.44. The van der Waals surface area contributed by atoms with Crippen molar-refractivity contribution < 1.29 is 17.9 Å². The van der Waals surface area contributed by atoms with Crippen molar-refractivity contribution in [1.82, 2.24) is 5.32 Å². The minimum atomic E-state index is -3.73. The van der Waals surface area contributed by atoms with Gasteiger partial charge in [-0.1, -0.05) is 0 Å². The SMILES string of the molecule is CC(C)OCCCNC(=O)c1ccc(S(N)(=O)=O)cc1. The average Bonchev–Trinajstić information content (AvgIpc) is 2.37. The van der Waals surface area contributed by atoms with Crippen LogP contribution in [0.3, 0.4) is 0 Å². The minimum absolute atomic E-state index is 0.0145. The summed E-state index contributed by atoms with van der Waals surface area (Å²) in [5, 5.41) is 7.71. The van der Waals surface area contributed by atoms with Crippen LogP contribution in [0.25, 0.3) is 0 Å². The van der Waals surface area contributed by atoms with Gasteiger partial charge in [-0.15, -0.1) is 0 Å². The fraction of sp³-hybridized carbons (Fsp3) is 0.462. The Hall–Kier alpha value is -1.44. The lowest BCUT2D eigenvalue weighted by Gasteiger charge is -2.08. The quantitative estimate of drug-likeness (QED) is 0.730. The Bertz CT molecular complexity index is 538. The Morgan fingerprint density at radius 2 is 1.90 bits per heavy atom. The monoisotopic (exact) mass is 300 g/mol. The number of rotatable bonds is 7. The van der Waals surface area contributed by atoms with Crippen LogP contribution in [0.4, 0.5) is 0 Å². The van der Waals surface area contributed by atoms with E-state index < -0.39 is 10.0 Å². The van der Waals surface area contributed by atoms with Crippen LogP contribution in [-0.2, 0) is 14.8 Å². The van der Waals surface area contributed by atoms with Crippen LogP contribution < -0.4 is 10.5 Å². The first-order valence-electron chi connectivity index (χ1n) is 6.33. The smallest absolute Gasteiger partial charge is 0.251 e. The van der Waals surface area contributed by atoms with E-state index in [1.807, 2.05) is 13.8 Å². The van der Waals surface area contributed by atoms with E-state index in [0.717, 1.165) is 6.42 Å². The van der Waals surface area contributed by atoms with Gasteiger partial charge >= 0.3 is 0 Å². The van der Waals surface area contributed by atoms with Crippen molar-refractivity contribution in [2.24, 2.45) is 5.14 Å². The van der Waals surface area contributed by atoms with Gasteiger partial charge in [0.2, 0.25) is 10.0 Å². The van der Waals surface area contributed by atoms with Gasteiger partial charge in [0, 0.05) is 18.7 Å². The van der Waals surface area contributed by atoms with Crippen LogP contribution in [0.15, 0.2) is 29.2 Å². The number of primary sulfonamides is 1. The van der Waals surface area contributed by atoms with Crippen molar-refractivity contribution in [1.29, 1.82) is 0 Å². The third kappa shape index (κ3) is 5.68. The molecule has 0 unspecified atom stereocenters. The van der Waals surface area contributed by atoms with Crippen LogP contribution in [0, 0.1) is 0 Å². The number of ether oxygens (including phenoxy) is 1. The molecule has 0 saturated carbocycles. The molecule has 0 aliphatic carbocycles. The number of hydrogen-bond donors (Lipinski definition) is 2. The zero-order valence-corrected chi connectivity index (χ0v) is 12.4. The van der Waals surface area contributed by atoms with E-state index in [4.69, 9.17) is 9.88 Å². The molecule has 112 valence electrons. The second kappa shape index (κ2) is 7.37. The van der Waals surface area contributed by atoms with Crippen molar-refractivity contribution in [2.75, 3.05) is 13.2 Å². The van der Waals surface area contributed by atoms with E-state index in [1.165, 1.54) is 24.3 Å². The summed E-state index contributed by atoms with van der Waals surface area (Å²) in [5.74, 6) is -0.254. The molecule has 0 saturated heterocycles. The first kappa shape index (κ1) is 16.6. The van der Waals surface area contributed by atoms with Gasteiger partial charge in [0.25, 0.3) is 5.91 Å². The topological polar surface area (TPSA) is 98.5 Å². The summed E-state index contributed by atoms with van der Waals surface area (Å²) in [4.78, 5) is 11.8. The number of amides is 1. The van der Waals surface area contributed by atoms with Gasteiger partial charge in [-0.05, 0) is 44.5 Å². The van der Waals surface area contributed by atoms with Crippen LogP contribution >= 0.6 is 0 Å². The maximum Gasteiger partial charge on any atom is 0.251 e. The molecule has 0 aliphatic rings. The van der Waals surface area contributed by atoms with Crippen LogP contribution in [0.5, 0.6) is 0 Å². The van der Waals surface area contributed by atoms with Gasteiger partial charge in [-0.2, -0.15) is 0 Å². The molecular weight excluding hydrogens is 280 g/mol. The second-order valence-electron chi connectivity index (χ2n) is 4.60. The highest BCUT2D eigenvalue weighted by Gasteiger charge is 2.09. The molecule has 0 atom stereocenters. The molecular formula is C13H20N2O4S. The molecule has 0 fully saturated rings. The maximum absolute atomic E-state index is 11.8. The predicted molar refractivity (Wildman–Crippen MR) is 75.9 cm³/mol. The molecule has 1 rings (SSSR count). The molecule has 1 aromatic rings. The predicted octanol–water partition coefficient (Wildman–Crippen LogP) is 0.879. The highest BCUT2D eigenvalue weighted by molar-refractivity contribution is 7.89. The maximum atomic E-state index is 11.8. The molecule has 0 spiro atoms. The Labute approximate surface area is 119 Å². The van der Waals surface area contributed by atoms with Gasteiger partial charge in [0.05, 0.1) is 11.0 Å². The van der Waals surface area contributed by atoms with Gasteiger partial charge in [0.15, 0.2) is 0 Å².